The number of hydrogen-bond acceptors (Lipinski definition) is 30. The highest BCUT2D eigenvalue weighted by molar-refractivity contribution is 6.34. The van der Waals surface area contributed by atoms with Crippen LogP contribution in [0.1, 0.15) is 154 Å². The molecule has 2 saturated heterocycles. The lowest BCUT2D eigenvalue weighted by Crippen LogP contribution is -2.42. The van der Waals surface area contributed by atoms with Crippen LogP contribution in [0.2, 0.25) is 41.0 Å². The van der Waals surface area contributed by atoms with Crippen LogP contribution in [0.25, 0.3) is 0 Å². The fourth-order valence-electron chi connectivity index (χ4n) is 15.2. The molecule has 690 valence electrons. The molecule has 127 heavy (non-hydrogen) atoms. The van der Waals surface area contributed by atoms with Crippen molar-refractivity contribution in [3.63, 3.8) is 0 Å². The summed E-state index contributed by atoms with van der Waals surface area (Å²) in [4.78, 5) is 58.0. The number of aromatic nitrogens is 12. The molecule has 0 amide bonds. The maximum absolute atomic E-state index is 6.30. The van der Waals surface area contributed by atoms with Gasteiger partial charge in [-0.3, -0.25) is 0 Å². The molecule has 15 rings (SSSR count). The number of halogens is 8. The molecular formula is C89H119Cl8N21O9. The molecular weight excluding hydrogens is 1790 g/mol. The van der Waals surface area contributed by atoms with Gasteiger partial charge in [-0.05, 0) is 274 Å². The van der Waals surface area contributed by atoms with Crippen LogP contribution in [0.4, 0.5) is 58.2 Å². The van der Waals surface area contributed by atoms with Crippen molar-refractivity contribution in [2.75, 3.05) is 148 Å². The second kappa shape index (κ2) is 53.5. The van der Waals surface area contributed by atoms with Gasteiger partial charge in [-0.1, -0.05) is 135 Å². The third kappa shape index (κ3) is 34.6. The Labute approximate surface area is 785 Å². The first-order valence-corrected chi connectivity index (χ1v) is 46.3. The first-order chi connectivity index (χ1) is 61.5. The molecule has 4 saturated carbocycles. The van der Waals surface area contributed by atoms with Gasteiger partial charge in [0.25, 0.3) is 0 Å². The van der Waals surface area contributed by atoms with Crippen molar-refractivity contribution in [3.8, 4) is 52.8 Å². The summed E-state index contributed by atoms with van der Waals surface area (Å²) >= 11 is 48.0. The van der Waals surface area contributed by atoms with Crippen LogP contribution in [0.15, 0.2) is 91.0 Å². The average molecular weight is 1910 g/mol. The van der Waals surface area contributed by atoms with Crippen molar-refractivity contribution in [2.45, 2.75) is 166 Å². The minimum atomic E-state index is 0.0682. The van der Waals surface area contributed by atoms with E-state index in [1.165, 1.54) is 142 Å². The number of nitrogens with one attached hydrogen (secondary N) is 5. The number of rotatable bonds is 28. The van der Waals surface area contributed by atoms with Gasteiger partial charge in [0.05, 0.1) is 87.1 Å². The lowest BCUT2D eigenvalue weighted by Gasteiger charge is -2.35. The zero-order valence-electron chi connectivity index (χ0n) is 73.7. The van der Waals surface area contributed by atoms with Crippen LogP contribution >= 0.6 is 92.8 Å². The van der Waals surface area contributed by atoms with E-state index in [0.717, 1.165) is 50.5 Å². The van der Waals surface area contributed by atoms with E-state index >= 15 is 0 Å². The van der Waals surface area contributed by atoms with Crippen molar-refractivity contribution in [2.24, 2.45) is 23.7 Å². The number of benzene rings is 5. The largest absolute Gasteiger partial charge is 0.495 e. The predicted octanol–water partition coefficient (Wildman–Crippen LogP) is 21.7. The molecule has 4 aliphatic carbocycles. The summed E-state index contributed by atoms with van der Waals surface area (Å²) in [5.41, 5.74) is 8.98. The van der Waals surface area contributed by atoms with E-state index < -0.39 is 0 Å². The average Bonchev–Trinajstić information content (AvgIpc) is 0.826. The van der Waals surface area contributed by atoms with Gasteiger partial charge in [0.1, 0.15) is 28.7 Å². The van der Waals surface area contributed by atoms with Crippen molar-refractivity contribution in [3.05, 3.63) is 132 Å². The predicted molar refractivity (Wildman–Crippen MR) is 509 cm³/mol. The molecule has 7 N–H and O–H groups in total. The molecule has 30 nitrogen and oxygen atoms in total. The van der Waals surface area contributed by atoms with Crippen LogP contribution in [0.3, 0.4) is 0 Å². The summed E-state index contributed by atoms with van der Waals surface area (Å²) in [6.07, 6.45) is 29.7. The number of nitrogen functional groups attached to an aromatic ring is 1. The maximum Gasteiger partial charge on any atom is 0.323 e. The number of hydrogen-bond donors (Lipinski definition) is 6. The molecule has 0 bridgehead atoms. The van der Waals surface area contributed by atoms with E-state index in [1.807, 2.05) is 30.3 Å². The Morgan fingerprint density at radius 2 is 0.622 bits per heavy atom. The van der Waals surface area contributed by atoms with E-state index in [2.05, 4.69) is 124 Å². The molecule has 0 unspecified atom stereocenters. The number of methoxy groups -OCH3 is 5. The molecule has 9 aromatic rings. The molecule has 6 fully saturated rings. The Balaban J connectivity index is 0.000000168. The van der Waals surface area contributed by atoms with Crippen LogP contribution in [0, 0.1) is 23.7 Å². The van der Waals surface area contributed by atoms with E-state index in [9.17, 15) is 0 Å². The van der Waals surface area contributed by atoms with Gasteiger partial charge in [0, 0.05) is 47.6 Å². The summed E-state index contributed by atoms with van der Waals surface area (Å²) in [5, 5.41) is 18.6. The van der Waals surface area contributed by atoms with Crippen LogP contribution in [0.5, 0.6) is 52.8 Å². The van der Waals surface area contributed by atoms with E-state index in [-0.39, 0.29) is 33.9 Å². The topological polar surface area (TPSA) is 334 Å². The van der Waals surface area contributed by atoms with E-state index in [1.54, 1.807) is 96.2 Å². The highest BCUT2D eigenvalue weighted by atomic mass is 35.5. The molecule has 0 atom stereocenters. The molecule has 2 aliphatic heterocycles. The second-order valence-electron chi connectivity index (χ2n) is 31.9. The Morgan fingerprint density at radius 3 is 0.945 bits per heavy atom. The first-order valence-electron chi connectivity index (χ1n) is 43.3. The fourth-order valence-corrected chi connectivity index (χ4v) is 17.0. The lowest BCUT2D eigenvalue weighted by molar-refractivity contribution is 0.196. The number of nitrogens with two attached hydrogens (primary N) is 1. The standard InChI is InChI=1S/C24H27Cl2N5O3.C24H35ClN6O2.C17H20Cl2N4O2.C10H13Cl2N3O.C7H8ClNO.C7H16N2/c1-32-20-10-8-16(12-18(20)25)27-22-29-23(28-17-9-11-21(33-2)19(26)13-17)31-24(30-22)34-14-15-6-4-3-5-7-15;1-30-13-11-19(12-14-30)31(2)23-27-22(26-18-9-10-21(32-3)20(25)15-18)28-24(29-23)33-16-17-7-5-4-6-8-17;1-24-14-8-7-12(9-13(14)18)20-16-21-15(19)22-17(23-16)25-10-11-5-3-2-4-6-11;11-8-13-9(12)15-10(14-8)16-6-7-4-2-1-3-5-7;1-10-7-3-2-5(9)4-6(7)8;1-8-7-3-5-9(2)6-4-7/h8-13,15H,3-7,14H2,1-2H3,(H2,27,28,29,30,31);9-10,15,17,19H,4-8,11-14,16H2,1-3H3,(H,26,27,28,29);7-9,11H,2-6,10H2,1H3,(H,20,21,22,23);7H,1-6H2;2-4H,9H2,1H3;7-8H,3-6H2,1-2H3. The van der Waals surface area contributed by atoms with Gasteiger partial charge in [-0.25, -0.2) is 0 Å². The minimum absolute atomic E-state index is 0.0682. The SMILES string of the molecule is CNC1CCN(C)CC1.COc1ccc(N)cc1Cl.COc1ccc(Nc2nc(Cl)nc(OCC3CCCCC3)n2)cc1Cl.COc1ccc(Nc2nc(Nc3ccc(OC)c(Cl)c3)nc(OCC3CCCCC3)n2)cc1Cl.COc1ccc(Nc2nc(OCC3CCCCC3)nc(N(C)C3CCN(C)CC3)n2)cc1Cl.Clc1nc(Cl)nc(OCC2CCCCC2)n1. The summed E-state index contributed by atoms with van der Waals surface area (Å²) in [5.74, 6) is 7.28. The highest BCUT2D eigenvalue weighted by Crippen LogP contribution is 2.37. The van der Waals surface area contributed by atoms with Gasteiger partial charge in [0.15, 0.2) is 0 Å². The third-order valence-corrected chi connectivity index (χ3v) is 24.5. The first kappa shape index (κ1) is 100. The van der Waals surface area contributed by atoms with Gasteiger partial charge in [-0.15, -0.1) is 0 Å². The number of nitrogens with zero attached hydrogens (tertiary/aromatic N) is 15. The summed E-state index contributed by atoms with van der Waals surface area (Å²) < 4.78 is 49.0. The number of ether oxygens (including phenoxy) is 9. The number of piperidine rings is 2. The Hall–Kier alpha value is -8.66. The zero-order chi connectivity index (χ0) is 90.4. The smallest absolute Gasteiger partial charge is 0.323 e. The zero-order valence-corrected chi connectivity index (χ0v) is 79.8. The monoisotopic (exact) mass is 1910 g/mol. The van der Waals surface area contributed by atoms with Crippen molar-refractivity contribution >= 4 is 151 Å². The van der Waals surface area contributed by atoms with Crippen LogP contribution < -0.4 is 79.8 Å². The van der Waals surface area contributed by atoms with Crippen molar-refractivity contribution < 1.29 is 42.6 Å². The number of likely N-dealkylation sites (tertiary alicyclic amines) is 2. The van der Waals surface area contributed by atoms with Gasteiger partial charge in [-0.2, -0.15) is 59.8 Å². The third-order valence-electron chi connectivity index (χ3n) is 22.5. The summed E-state index contributed by atoms with van der Waals surface area (Å²) in [6.45, 7) is 7.11. The van der Waals surface area contributed by atoms with Crippen molar-refractivity contribution in [1.82, 2.24) is 74.9 Å². The number of anilines is 10. The quantitative estimate of drug-likeness (QED) is 0.0248. The fraction of sp³-hybridized carbons (Fsp3) is 0.528. The molecule has 0 spiro atoms. The normalized spacial score (nSPS) is 16.1. The molecule has 6 heterocycles. The molecule has 5 aromatic carbocycles. The molecule has 4 aromatic heterocycles. The van der Waals surface area contributed by atoms with Gasteiger partial charge in [0.2, 0.25) is 45.6 Å². The van der Waals surface area contributed by atoms with Crippen LogP contribution in [-0.4, -0.2) is 198 Å². The van der Waals surface area contributed by atoms with Gasteiger partial charge >= 0.3 is 24.0 Å². The maximum atomic E-state index is 6.30. The van der Waals surface area contributed by atoms with E-state index in [4.69, 9.17) is 146 Å². The molecule has 0 radical (unpaired) electrons. The Morgan fingerprint density at radius 1 is 0.339 bits per heavy atom. The van der Waals surface area contributed by atoms with Gasteiger partial charge < -0.3 is 89.6 Å². The second-order valence-corrected chi connectivity index (χ2v) is 35.0. The minimum Gasteiger partial charge on any atom is -0.495 e. The molecule has 6 aliphatic rings. The Kier molecular flexibility index (Phi) is 42.3. The lowest BCUT2D eigenvalue weighted by atomic mass is 9.90. The molecule has 38 heteroatoms. The van der Waals surface area contributed by atoms with Crippen LogP contribution in [-0.2, 0) is 0 Å². The van der Waals surface area contributed by atoms with Crippen molar-refractivity contribution in [1.29, 1.82) is 0 Å². The summed E-state index contributed by atoms with van der Waals surface area (Å²) in [6, 6.07) is 28.8. The summed E-state index contributed by atoms with van der Waals surface area (Å²) in [7, 11) is 16.3. The highest BCUT2D eigenvalue weighted by Gasteiger charge is 2.27. The Bertz CT molecular complexity index is 4730. The van der Waals surface area contributed by atoms with E-state index in [0.29, 0.717) is 169 Å².